The van der Waals surface area contributed by atoms with Gasteiger partial charge in [0, 0.05) is 50.1 Å². The fourth-order valence-corrected chi connectivity index (χ4v) is 4.87. The molecular formula is C19H20F3N3O6S. The molecule has 2 aromatic rings. The summed E-state index contributed by atoms with van der Waals surface area (Å²) in [6.07, 6.45) is -4.80. The van der Waals surface area contributed by atoms with Crippen molar-refractivity contribution in [1.29, 1.82) is 0 Å². The molecule has 0 radical (unpaired) electrons. The molecule has 0 aromatic heterocycles. The maximum atomic E-state index is 13.5. The van der Waals surface area contributed by atoms with Crippen LogP contribution in [0.15, 0.2) is 41.3 Å². The minimum Gasteiger partial charge on any atom is -0.493 e. The Morgan fingerprint density at radius 3 is 2.12 bits per heavy atom. The summed E-state index contributed by atoms with van der Waals surface area (Å²) in [5, 5.41) is 10.9. The summed E-state index contributed by atoms with van der Waals surface area (Å²) in [5.41, 5.74) is -2.04. The van der Waals surface area contributed by atoms with Gasteiger partial charge >= 0.3 is 6.18 Å². The summed E-state index contributed by atoms with van der Waals surface area (Å²) < 4.78 is 77.9. The largest absolute Gasteiger partial charge is 0.493 e. The van der Waals surface area contributed by atoms with Crippen LogP contribution in [0.5, 0.6) is 11.5 Å². The Morgan fingerprint density at radius 1 is 0.969 bits per heavy atom. The van der Waals surface area contributed by atoms with Crippen LogP contribution in [0, 0.1) is 10.1 Å². The second kappa shape index (κ2) is 8.82. The number of methoxy groups -OCH3 is 2. The van der Waals surface area contributed by atoms with Crippen LogP contribution in [-0.4, -0.2) is 58.0 Å². The maximum Gasteiger partial charge on any atom is 0.418 e. The number of rotatable bonds is 6. The number of nitro benzene ring substituents is 1. The van der Waals surface area contributed by atoms with Crippen LogP contribution in [-0.2, 0) is 16.2 Å². The van der Waals surface area contributed by atoms with E-state index in [1.54, 1.807) is 0 Å². The van der Waals surface area contributed by atoms with E-state index in [0.29, 0.717) is 11.8 Å². The lowest BCUT2D eigenvalue weighted by atomic mass is 10.1. The van der Waals surface area contributed by atoms with Crippen LogP contribution in [0.4, 0.5) is 24.5 Å². The van der Waals surface area contributed by atoms with Gasteiger partial charge in [0.1, 0.15) is 0 Å². The lowest BCUT2D eigenvalue weighted by Crippen LogP contribution is -2.49. The van der Waals surface area contributed by atoms with Gasteiger partial charge in [0.15, 0.2) is 11.5 Å². The number of piperazine rings is 1. The Bertz CT molecular complexity index is 1120. The highest BCUT2D eigenvalue weighted by Gasteiger charge is 2.38. The second-order valence-electron chi connectivity index (χ2n) is 6.86. The number of hydrogen-bond acceptors (Lipinski definition) is 7. The van der Waals surface area contributed by atoms with Gasteiger partial charge in [0.2, 0.25) is 10.0 Å². The minimum absolute atomic E-state index is 0.0204. The predicted octanol–water partition coefficient (Wildman–Crippen LogP) is 3.14. The highest BCUT2D eigenvalue weighted by molar-refractivity contribution is 7.89. The van der Waals surface area contributed by atoms with Gasteiger partial charge in [-0.15, -0.1) is 0 Å². The average molecular weight is 475 g/mol. The second-order valence-corrected chi connectivity index (χ2v) is 8.80. The van der Waals surface area contributed by atoms with Crippen molar-refractivity contribution in [1.82, 2.24) is 4.31 Å². The maximum absolute atomic E-state index is 13.5. The first-order chi connectivity index (χ1) is 15.0. The quantitative estimate of drug-likeness (QED) is 0.467. The smallest absolute Gasteiger partial charge is 0.418 e. The van der Waals surface area contributed by atoms with Crippen molar-refractivity contribution in [3.05, 3.63) is 52.1 Å². The molecule has 32 heavy (non-hydrogen) atoms. The standard InChI is InChI=1S/C19H20F3N3O6S/c1-30-17-6-4-14(12-18(17)31-2)32(28,29)24-9-7-23(8-10-24)16-5-3-13(25(26)27)11-15(16)19(20,21)22/h3-6,11-12H,7-10H2,1-2H3. The molecule has 13 heteroatoms. The van der Waals surface area contributed by atoms with Crippen LogP contribution < -0.4 is 14.4 Å². The van der Waals surface area contributed by atoms with Crippen LogP contribution in [0.25, 0.3) is 0 Å². The Kier molecular flexibility index (Phi) is 6.51. The third-order valence-corrected chi connectivity index (χ3v) is 6.96. The average Bonchev–Trinajstić information content (AvgIpc) is 2.77. The van der Waals surface area contributed by atoms with Gasteiger partial charge in [-0.1, -0.05) is 0 Å². The first-order valence-electron chi connectivity index (χ1n) is 9.32. The highest BCUT2D eigenvalue weighted by atomic mass is 32.2. The van der Waals surface area contributed by atoms with E-state index in [9.17, 15) is 31.7 Å². The highest BCUT2D eigenvalue weighted by Crippen LogP contribution is 2.39. The van der Waals surface area contributed by atoms with Gasteiger partial charge in [0.25, 0.3) is 5.69 Å². The monoisotopic (exact) mass is 475 g/mol. The number of sulfonamides is 1. The molecule has 1 heterocycles. The molecule has 0 amide bonds. The van der Waals surface area contributed by atoms with E-state index in [1.165, 1.54) is 41.6 Å². The first-order valence-corrected chi connectivity index (χ1v) is 10.8. The molecule has 2 aromatic carbocycles. The Hall–Kier alpha value is -3.06. The molecule has 0 unspecified atom stereocenters. The molecule has 1 aliphatic heterocycles. The van der Waals surface area contributed by atoms with Crippen molar-refractivity contribution in [3.8, 4) is 11.5 Å². The molecule has 0 atom stereocenters. The number of benzene rings is 2. The van der Waals surface area contributed by atoms with E-state index in [2.05, 4.69) is 0 Å². The number of nitrogens with zero attached hydrogens (tertiary/aromatic N) is 3. The number of non-ortho nitro benzene ring substituents is 1. The van der Waals surface area contributed by atoms with Crippen molar-refractivity contribution in [3.63, 3.8) is 0 Å². The van der Waals surface area contributed by atoms with E-state index in [0.717, 1.165) is 12.1 Å². The predicted molar refractivity (Wildman–Crippen MR) is 109 cm³/mol. The fourth-order valence-electron chi connectivity index (χ4n) is 3.44. The Labute approximate surface area is 182 Å². The number of alkyl halides is 3. The summed E-state index contributed by atoms with van der Waals surface area (Å²) in [7, 11) is -1.14. The van der Waals surface area contributed by atoms with Crippen LogP contribution in [0.3, 0.4) is 0 Å². The van der Waals surface area contributed by atoms with E-state index in [4.69, 9.17) is 9.47 Å². The van der Waals surface area contributed by atoms with Crippen molar-refractivity contribution in [2.45, 2.75) is 11.1 Å². The van der Waals surface area contributed by atoms with Gasteiger partial charge < -0.3 is 14.4 Å². The molecule has 1 saturated heterocycles. The number of halogens is 3. The molecule has 1 fully saturated rings. The Balaban J connectivity index is 1.83. The van der Waals surface area contributed by atoms with E-state index >= 15 is 0 Å². The molecule has 3 rings (SSSR count). The molecule has 0 bridgehead atoms. The summed E-state index contributed by atoms with van der Waals surface area (Å²) in [6, 6.07) is 6.66. The van der Waals surface area contributed by atoms with E-state index in [1.807, 2.05) is 0 Å². The van der Waals surface area contributed by atoms with Gasteiger partial charge in [-0.3, -0.25) is 10.1 Å². The topological polar surface area (TPSA) is 102 Å². The van der Waals surface area contributed by atoms with E-state index < -0.39 is 32.4 Å². The van der Waals surface area contributed by atoms with Crippen LogP contribution >= 0.6 is 0 Å². The minimum atomic E-state index is -4.80. The molecule has 0 N–H and O–H groups in total. The Morgan fingerprint density at radius 2 is 1.59 bits per heavy atom. The normalized spacial score (nSPS) is 15.5. The molecule has 9 nitrogen and oxygen atoms in total. The zero-order valence-electron chi connectivity index (χ0n) is 17.1. The number of nitro groups is 1. The lowest BCUT2D eigenvalue weighted by molar-refractivity contribution is -0.385. The SMILES string of the molecule is COc1ccc(S(=O)(=O)N2CCN(c3ccc([N+](=O)[O-])cc3C(F)(F)F)CC2)cc1OC. The lowest BCUT2D eigenvalue weighted by Gasteiger charge is -2.36. The van der Waals surface area contributed by atoms with Crippen LogP contribution in [0.2, 0.25) is 0 Å². The summed E-state index contributed by atoms with van der Waals surface area (Å²) in [4.78, 5) is 11.3. The van der Waals surface area contributed by atoms with Crippen molar-refractivity contribution in [2.24, 2.45) is 0 Å². The third kappa shape index (κ3) is 4.58. The zero-order valence-corrected chi connectivity index (χ0v) is 17.9. The zero-order chi connectivity index (χ0) is 23.7. The van der Waals surface area contributed by atoms with E-state index in [-0.39, 0.29) is 42.5 Å². The molecular weight excluding hydrogens is 455 g/mol. The van der Waals surface area contributed by atoms with Crippen molar-refractivity contribution >= 4 is 21.4 Å². The van der Waals surface area contributed by atoms with Gasteiger partial charge in [-0.25, -0.2) is 8.42 Å². The molecule has 1 aliphatic rings. The molecule has 0 spiro atoms. The van der Waals surface area contributed by atoms with Gasteiger partial charge in [-0.2, -0.15) is 17.5 Å². The number of hydrogen-bond donors (Lipinski definition) is 0. The summed E-state index contributed by atoms with van der Waals surface area (Å²) >= 11 is 0. The molecule has 174 valence electrons. The number of anilines is 1. The van der Waals surface area contributed by atoms with Crippen molar-refractivity contribution in [2.75, 3.05) is 45.3 Å². The van der Waals surface area contributed by atoms with Gasteiger partial charge in [0.05, 0.1) is 29.6 Å². The molecule has 0 aliphatic carbocycles. The van der Waals surface area contributed by atoms with Crippen LogP contribution in [0.1, 0.15) is 5.56 Å². The third-order valence-electron chi connectivity index (χ3n) is 5.07. The summed E-state index contributed by atoms with van der Waals surface area (Å²) in [6.45, 7) is -0.170. The van der Waals surface area contributed by atoms with Crippen molar-refractivity contribution < 1.29 is 36.0 Å². The first kappa shape index (κ1) is 23.6. The molecule has 0 saturated carbocycles. The van der Waals surface area contributed by atoms with Gasteiger partial charge in [-0.05, 0) is 18.2 Å². The summed E-state index contributed by atoms with van der Waals surface area (Å²) in [5.74, 6) is 0.585. The fraction of sp³-hybridized carbons (Fsp3) is 0.368. The number of ether oxygens (including phenoxy) is 2.